The zero-order valence-electron chi connectivity index (χ0n) is 13.5. The average molecular weight is 315 g/mol. The summed E-state index contributed by atoms with van der Waals surface area (Å²) in [5, 5.41) is 12.8. The zero-order valence-corrected chi connectivity index (χ0v) is 13.5. The fraction of sp³-hybridized carbons (Fsp3) is 0.632. The number of carbonyl (C=O) groups excluding carboxylic acids is 1. The molecule has 1 spiro atoms. The molecule has 1 heterocycles. The Morgan fingerprint density at radius 3 is 2.87 bits per heavy atom. The van der Waals surface area contributed by atoms with E-state index in [9.17, 15) is 9.90 Å². The molecule has 1 aromatic rings. The number of rotatable bonds is 4. The number of aliphatic hydroxyl groups excluding tert-OH is 1. The van der Waals surface area contributed by atoms with E-state index in [0.29, 0.717) is 12.5 Å². The molecule has 0 aromatic heterocycles. The van der Waals surface area contributed by atoms with Gasteiger partial charge in [-0.1, -0.05) is 37.5 Å². The van der Waals surface area contributed by atoms with E-state index >= 15 is 0 Å². The Bertz CT molecular complexity index is 596. The van der Waals surface area contributed by atoms with Crippen molar-refractivity contribution in [3.63, 3.8) is 0 Å². The third-order valence-electron chi connectivity index (χ3n) is 6.04. The number of carbonyl (C=O) groups is 1. The molecule has 3 aliphatic rings. The van der Waals surface area contributed by atoms with Crippen LogP contribution in [0.15, 0.2) is 24.3 Å². The van der Waals surface area contributed by atoms with Gasteiger partial charge in [0, 0.05) is 11.0 Å². The molecule has 2 saturated carbocycles. The Hall–Kier alpha value is -1.55. The number of hydrogen-bond donors (Lipinski definition) is 2. The molecule has 124 valence electrons. The van der Waals surface area contributed by atoms with E-state index in [2.05, 4.69) is 11.4 Å². The first-order valence-corrected chi connectivity index (χ1v) is 8.88. The number of amides is 1. The highest BCUT2D eigenvalue weighted by molar-refractivity contribution is 5.85. The first-order chi connectivity index (χ1) is 11.2. The first-order valence-electron chi connectivity index (χ1n) is 8.88. The second-order valence-corrected chi connectivity index (χ2v) is 7.39. The Balaban J connectivity index is 1.43. The van der Waals surface area contributed by atoms with Gasteiger partial charge in [0.15, 0.2) is 0 Å². The van der Waals surface area contributed by atoms with Gasteiger partial charge in [0.05, 0.1) is 25.2 Å². The molecule has 0 bridgehead atoms. The number of ether oxygens (including phenoxy) is 1. The van der Waals surface area contributed by atoms with Crippen molar-refractivity contribution >= 4 is 5.91 Å². The SMILES string of the molecule is O=C(N[C@@H](CO)C1CCCCC1)C1CC12COc1ccccc12. The van der Waals surface area contributed by atoms with E-state index in [-0.39, 0.29) is 29.9 Å². The number of benzene rings is 1. The van der Waals surface area contributed by atoms with Crippen LogP contribution in [-0.2, 0) is 10.2 Å². The van der Waals surface area contributed by atoms with Gasteiger partial charge in [-0.3, -0.25) is 4.79 Å². The van der Waals surface area contributed by atoms with Crippen LogP contribution in [0.2, 0.25) is 0 Å². The highest BCUT2D eigenvalue weighted by Gasteiger charge is 2.63. The van der Waals surface area contributed by atoms with E-state index in [4.69, 9.17) is 4.74 Å². The number of hydrogen-bond acceptors (Lipinski definition) is 3. The van der Waals surface area contributed by atoms with E-state index in [1.807, 2.05) is 18.2 Å². The van der Waals surface area contributed by atoms with Crippen molar-refractivity contribution in [1.29, 1.82) is 0 Å². The van der Waals surface area contributed by atoms with Crippen LogP contribution in [0.5, 0.6) is 5.75 Å². The molecule has 4 heteroatoms. The Kier molecular flexibility index (Phi) is 3.80. The van der Waals surface area contributed by atoms with Crippen molar-refractivity contribution in [2.45, 2.75) is 50.0 Å². The minimum Gasteiger partial charge on any atom is -0.492 e. The quantitative estimate of drug-likeness (QED) is 0.897. The van der Waals surface area contributed by atoms with Crippen LogP contribution in [0.1, 0.15) is 44.1 Å². The Labute approximate surface area is 137 Å². The van der Waals surface area contributed by atoms with Gasteiger partial charge >= 0.3 is 0 Å². The normalized spacial score (nSPS) is 30.6. The van der Waals surface area contributed by atoms with E-state index in [1.54, 1.807) is 0 Å². The van der Waals surface area contributed by atoms with Crippen LogP contribution in [-0.4, -0.2) is 30.3 Å². The Morgan fingerprint density at radius 1 is 1.30 bits per heavy atom. The summed E-state index contributed by atoms with van der Waals surface area (Å²) in [6.45, 7) is 0.654. The summed E-state index contributed by atoms with van der Waals surface area (Å²) < 4.78 is 5.77. The molecule has 23 heavy (non-hydrogen) atoms. The van der Waals surface area contributed by atoms with Gasteiger partial charge in [0.25, 0.3) is 0 Å². The van der Waals surface area contributed by atoms with Gasteiger partial charge in [-0.15, -0.1) is 0 Å². The van der Waals surface area contributed by atoms with E-state index in [1.165, 1.54) is 24.8 Å². The lowest BCUT2D eigenvalue weighted by Gasteiger charge is -2.29. The van der Waals surface area contributed by atoms with Crippen LogP contribution in [0.4, 0.5) is 0 Å². The van der Waals surface area contributed by atoms with Crippen molar-refractivity contribution in [2.75, 3.05) is 13.2 Å². The minimum atomic E-state index is -0.118. The topological polar surface area (TPSA) is 58.6 Å². The predicted molar refractivity (Wildman–Crippen MR) is 87.3 cm³/mol. The molecule has 2 N–H and O–H groups in total. The van der Waals surface area contributed by atoms with Gasteiger partial charge in [0.2, 0.25) is 5.91 Å². The molecule has 4 nitrogen and oxygen atoms in total. The fourth-order valence-electron chi connectivity index (χ4n) is 4.53. The van der Waals surface area contributed by atoms with Gasteiger partial charge in [-0.25, -0.2) is 0 Å². The molecule has 2 unspecified atom stereocenters. The third kappa shape index (κ3) is 2.53. The van der Waals surface area contributed by atoms with Crippen LogP contribution < -0.4 is 10.1 Å². The summed E-state index contributed by atoms with van der Waals surface area (Å²) in [5.74, 6) is 1.44. The Morgan fingerprint density at radius 2 is 2.09 bits per heavy atom. The standard InChI is InChI=1S/C19H25NO3/c21-11-16(13-6-2-1-3-7-13)20-18(22)15-10-19(15)12-23-17-9-5-4-8-14(17)19/h4-5,8-9,13,15-16,21H,1-3,6-7,10-12H2,(H,20,22)/t15?,16-,19?/m0/s1. The second-order valence-electron chi connectivity index (χ2n) is 7.39. The van der Waals surface area contributed by atoms with Crippen molar-refractivity contribution in [1.82, 2.24) is 5.32 Å². The highest BCUT2D eigenvalue weighted by atomic mass is 16.5. The zero-order chi connectivity index (χ0) is 15.9. The van der Waals surface area contributed by atoms with Crippen molar-refractivity contribution < 1.29 is 14.6 Å². The number of para-hydroxylation sites is 1. The van der Waals surface area contributed by atoms with E-state index in [0.717, 1.165) is 25.0 Å². The van der Waals surface area contributed by atoms with Gasteiger partial charge in [-0.2, -0.15) is 0 Å². The second kappa shape index (κ2) is 5.82. The van der Waals surface area contributed by atoms with E-state index < -0.39 is 0 Å². The monoisotopic (exact) mass is 315 g/mol. The van der Waals surface area contributed by atoms with Crippen LogP contribution in [0.3, 0.4) is 0 Å². The largest absolute Gasteiger partial charge is 0.492 e. The maximum Gasteiger partial charge on any atom is 0.224 e. The van der Waals surface area contributed by atoms with Crippen LogP contribution in [0, 0.1) is 11.8 Å². The summed E-state index contributed by atoms with van der Waals surface area (Å²) in [6, 6.07) is 7.97. The molecular weight excluding hydrogens is 290 g/mol. The van der Waals surface area contributed by atoms with Gasteiger partial charge in [0.1, 0.15) is 5.75 Å². The number of fused-ring (bicyclic) bond motifs is 2. The average Bonchev–Trinajstić information content (AvgIpc) is 3.23. The summed E-state index contributed by atoms with van der Waals surface area (Å²) in [5.41, 5.74) is 1.06. The van der Waals surface area contributed by atoms with Crippen molar-refractivity contribution in [2.24, 2.45) is 11.8 Å². The molecule has 2 aliphatic carbocycles. The molecule has 0 saturated heterocycles. The lowest BCUT2D eigenvalue weighted by molar-refractivity contribution is -0.124. The first kappa shape index (κ1) is 15.0. The van der Waals surface area contributed by atoms with Crippen molar-refractivity contribution in [3.05, 3.63) is 29.8 Å². The molecule has 2 fully saturated rings. The number of aliphatic hydroxyl groups is 1. The molecule has 1 amide bonds. The summed E-state index contributed by atoms with van der Waals surface area (Å²) >= 11 is 0. The lowest BCUT2D eigenvalue weighted by Crippen LogP contribution is -2.45. The highest BCUT2D eigenvalue weighted by Crippen LogP contribution is 2.60. The van der Waals surface area contributed by atoms with Gasteiger partial charge < -0.3 is 15.2 Å². The maximum absolute atomic E-state index is 12.7. The molecule has 0 radical (unpaired) electrons. The predicted octanol–water partition coefficient (Wildman–Crippen LogP) is 2.39. The molecule has 3 atom stereocenters. The summed E-state index contributed by atoms with van der Waals surface area (Å²) in [6.07, 6.45) is 6.80. The smallest absolute Gasteiger partial charge is 0.224 e. The lowest BCUT2D eigenvalue weighted by atomic mass is 9.84. The van der Waals surface area contributed by atoms with Crippen LogP contribution in [0.25, 0.3) is 0 Å². The summed E-state index contributed by atoms with van der Waals surface area (Å²) in [4.78, 5) is 12.7. The molecule has 1 aromatic carbocycles. The molecular formula is C19H25NO3. The third-order valence-corrected chi connectivity index (χ3v) is 6.04. The summed E-state index contributed by atoms with van der Waals surface area (Å²) in [7, 11) is 0. The fourth-order valence-corrected chi connectivity index (χ4v) is 4.53. The number of nitrogens with one attached hydrogen (secondary N) is 1. The van der Waals surface area contributed by atoms with Gasteiger partial charge in [-0.05, 0) is 31.2 Å². The maximum atomic E-state index is 12.7. The minimum absolute atomic E-state index is 0.0104. The molecule has 4 rings (SSSR count). The van der Waals surface area contributed by atoms with Crippen molar-refractivity contribution in [3.8, 4) is 5.75 Å². The van der Waals surface area contributed by atoms with Crippen LogP contribution >= 0.6 is 0 Å². The molecule has 1 aliphatic heterocycles.